The first-order valence-electron chi connectivity index (χ1n) is 3.02. The third kappa shape index (κ3) is 6.56. The second-order valence-corrected chi connectivity index (χ2v) is 2.72. The van der Waals surface area contributed by atoms with E-state index in [1.165, 1.54) is 30.9 Å². The van der Waals surface area contributed by atoms with Crippen molar-refractivity contribution < 1.29 is 0 Å². The van der Waals surface area contributed by atoms with Crippen molar-refractivity contribution in [3.05, 3.63) is 0 Å². The van der Waals surface area contributed by atoms with Crippen LogP contribution in [0.15, 0.2) is 0 Å². The van der Waals surface area contributed by atoms with Crippen LogP contribution >= 0.6 is 0 Å². The third-order valence-electron chi connectivity index (χ3n) is 1.01. The van der Waals surface area contributed by atoms with Crippen LogP contribution in [0.3, 0.4) is 0 Å². The van der Waals surface area contributed by atoms with E-state index >= 15 is 0 Å². The van der Waals surface area contributed by atoms with Gasteiger partial charge in [-0.05, 0) is 0 Å². The van der Waals surface area contributed by atoms with Gasteiger partial charge in [-0.15, -0.1) is 0 Å². The first-order chi connectivity index (χ1) is 3.41. The predicted octanol–water partition coefficient (Wildman–Crippen LogP) is 2.15. The molecule has 0 aromatic rings. The van der Waals surface area contributed by atoms with Crippen molar-refractivity contribution >= 4 is 16.9 Å². The van der Waals surface area contributed by atoms with E-state index < -0.39 is 0 Å². The molecule has 0 aliphatic rings. The van der Waals surface area contributed by atoms with Gasteiger partial charge < -0.3 is 0 Å². The van der Waals surface area contributed by atoms with Gasteiger partial charge in [0.15, 0.2) is 0 Å². The summed E-state index contributed by atoms with van der Waals surface area (Å²) >= 11 is 2.62. The van der Waals surface area contributed by atoms with Gasteiger partial charge in [-0.1, -0.05) is 0 Å². The van der Waals surface area contributed by atoms with Gasteiger partial charge in [0, 0.05) is 0 Å². The molecule has 42 valence electrons. The van der Waals surface area contributed by atoms with Crippen LogP contribution in [0.5, 0.6) is 0 Å². The molecule has 0 saturated carbocycles. The zero-order chi connectivity index (χ0) is 5.54. The Kier molecular flexibility index (Phi) is 7.08. The van der Waals surface area contributed by atoms with Crippen LogP contribution in [0.25, 0.3) is 0 Å². The van der Waals surface area contributed by atoms with Crippen molar-refractivity contribution in [1.29, 1.82) is 0 Å². The molecule has 0 aromatic carbocycles. The molecule has 0 spiro atoms. The van der Waals surface area contributed by atoms with E-state index in [1.54, 1.807) is 0 Å². The average molecular weight is 160 g/mol. The van der Waals surface area contributed by atoms with Gasteiger partial charge in [0.05, 0.1) is 0 Å². The summed E-state index contributed by atoms with van der Waals surface area (Å²) in [5.74, 6) is 0. The summed E-state index contributed by atoms with van der Waals surface area (Å²) < 4.78 is 0. The standard InChI is InChI=1S/C6H13As/c1-2-3-4-5-6-7/h2-6H2,1H3. The van der Waals surface area contributed by atoms with E-state index in [1.807, 2.05) is 0 Å². The summed E-state index contributed by atoms with van der Waals surface area (Å²) in [7, 11) is 0. The van der Waals surface area contributed by atoms with Gasteiger partial charge >= 0.3 is 54.7 Å². The summed E-state index contributed by atoms with van der Waals surface area (Å²) in [5, 5.41) is 1.30. The molecule has 0 aromatic heterocycles. The predicted molar refractivity (Wildman–Crippen MR) is 34.7 cm³/mol. The zero-order valence-electron chi connectivity index (χ0n) is 4.98. The van der Waals surface area contributed by atoms with Gasteiger partial charge in [-0.25, -0.2) is 0 Å². The summed E-state index contributed by atoms with van der Waals surface area (Å²) in [5.41, 5.74) is 0. The van der Waals surface area contributed by atoms with Crippen LogP contribution in [0, 0.1) is 0 Å². The van der Waals surface area contributed by atoms with E-state index in [9.17, 15) is 0 Å². The molecule has 0 saturated heterocycles. The van der Waals surface area contributed by atoms with Crippen molar-refractivity contribution in [2.45, 2.75) is 37.8 Å². The van der Waals surface area contributed by atoms with Gasteiger partial charge in [0.1, 0.15) is 0 Å². The normalized spacial score (nSPS) is 9.43. The Morgan fingerprint density at radius 3 is 2.29 bits per heavy atom. The molecule has 2 radical (unpaired) electrons. The van der Waals surface area contributed by atoms with Crippen molar-refractivity contribution in [2.75, 3.05) is 0 Å². The molecule has 0 amide bonds. The van der Waals surface area contributed by atoms with E-state index in [0.717, 1.165) is 0 Å². The van der Waals surface area contributed by atoms with Crippen LogP contribution in [0.2, 0.25) is 5.21 Å². The second kappa shape index (κ2) is 6.56. The van der Waals surface area contributed by atoms with Crippen LogP contribution < -0.4 is 0 Å². The van der Waals surface area contributed by atoms with Crippen molar-refractivity contribution in [3.8, 4) is 0 Å². The Hall–Kier alpha value is 0.558. The van der Waals surface area contributed by atoms with Crippen molar-refractivity contribution in [2.24, 2.45) is 0 Å². The number of hydrogen-bond donors (Lipinski definition) is 0. The fourth-order valence-corrected chi connectivity index (χ4v) is 1.01. The quantitative estimate of drug-likeness (QED) is 0.436. The SMILES string of the molecule is CCCCCC[As]. The van der Waals surface area contributed by atoms with E-state index in [2.05, 4.69) is 23.8 Å². The van der Waals surface area contributed by atoms with Crippen molar-refractivity contribution in [3.63, 3.8) is 0 Å². The average Bonchev–Trinajstić information content (AvgIpc) is 1.69. The molecule has 0 fully saturated rings. The Morgan fingerprint density at radius 1 is 1.14 bits per heavy atom. The Bertz CT molecular complexity index is 23.4. The third-order valence-corrected chi connectivity index (χ3v) is 1.68. The molecule has 7 heavy (non-hydrogen) atoms. The minimum absolute atomic E-state index is 1.30. The number of unbranched alkanes of at least 4 members (excludes halogenated alkanes) is 3. The molecule has 0 atom stereocenters. The summed E-state index contributed by atoms with van der Waals surface area (Å²) in [6.07, 6.45) is 5.59. The van der Waals surface area contributed by atoms with Gasteiger partial charge in [-0.2, -0.15) is 0 Å². The van der Waals surface area contributed by atoms with Crippen LogP contribution in [0.1, 0.15) is 32.6 Å². The van der Waals surface area contributed by atoms with Crippen molar-refractivity contribution in [1.82, 2.24) is 0 Å². The molecule has 0 N–H and O–H groups in total. The van der Waals surface area contributed by atoms with Crippen LogP contribution in [0.4, 0.5) is 0 Å². The van der Waals surface area contributed by atoms with E-state index in [0.29, 0.717) is 0 Å². The Morgan fingerprint density at radius 2 is 1.86 bits per heavy atom. The van der Waals surface area contributed by atoms with Gasteiger partial charge in [0.2, 0.25) is 0 Å². The molecule has 0 bridgehead atoms. The fraction of sp³-hybridized carbons (Fsp3) is 1.00. The maximum atomic E-state index is 2.62. The maximum absolute atomic E-state index is 2.62. The van der Waals surface area contributed by atoms with E-state index in [-0.39, 0.29) is 0 Å². The molecule has 0 aliphatic carbocycles. The minimum atomic E-state index is 1.30. The molecular formula is C6H13As. The summed E-state index contributed by atoms with van der Waals surface area (Å²) in [6, 6.07) is 0. The fourth-order valence-electron chi connectivity index (χ4n) is 0.539. The monoisotopic (exact) mass is 160 g/mol. The zero-order valence-corrected chi connectivity index (χ0v) is 6.86. The number of hydrogen-bond acceptors (Lipinski definition) is 0. The first kappa shape index (κ1) is 7.56. The second-order valence-electron chi connectivity index (χ2n) is 1.78. The Labute approximate surface area is 55.2 Å². The molecule has 0 heterocycles. The first-order valence-corrected chi connectivity index (χ1v) is 4.35. The molecule has 0 rings (SSSR count). The molecule has 0 aliphatic heterocycles. The summed E-state index contributed by atoms with van der Waals surface area (Å²) in [6.45, 7) is 2.24. The van der Waals surface area contributed by atoms with Crippen LogP contribution in [-0.2, 0) is 0 Å². The number of rotatable bonds is 4. The van der Waals surface area contributed by atoms with Gasteiger partial charge in [0.25, 0.3) is 0 Å². The Balaban J connectivity index is 2.45. The van der Waals surface area contributed by atoms with Crippen LogP contribution in [-0.4, -0.2) is 16.9 Å². The molecule has 0 unspecified atom stereocenters. The summed E-state index contributed by atoms with van der Waals surface area (Å²) in [4.78, 5) is 0. The molecule has 1 heteroatoms. The van der Waals surface area contributed by atoms with E-state index in [4.69, 9.17) is 0 Å². The van der Waals surface area contributed by atoms with Gasteiger partial charge in [-0.3, -0.25) is 0 Å². The molecular weight excluding hydrogens is 147 g/mol. The molecule has 0 nitrogen and oxygen atoms in total. The topological polar surface area (TPSA) is 0 Å².